The van der Waals surface area contributed by atoms with Crippen molar-refractivity contribution in [3.8, 4) is 5.75 Å². The van der Waals surface area contributed by atoms with E-state index < -0.39 is 0 Å². The van der Waals surface area contributed by atoms with Crippen molar-refractivity contribution in [2.24, 2.45) is 0 Å². The topological polar surface area (TPSA) is 50.4 Å². The molecule has 21 heavy (non-hydrogen) atoms. The zero-order chi connectivity index (χ0) is 15.1. The van der Waals surface area contributed by atoms with Gasteiger partial charge in [0.05, 0.1) is 6.10 Å². The van der Waals surface area contributed by atoms with Crippen LogP contribution in [-0.4, -0.2) is 18.2 Å². The Bertz CT molecular complexity index is 435. The van der Waals surface area contributed by atoms with E-state index in [0.717, 1.165) is 24.3 Å². The lowest BCUT2D eigenvalue weighted by atomic mass is 10.1. The predicted molar refractivity (Wildman–Crippen MR) is 85.9 cm³/mol. The molecule has 1 fully saturated rings. The molecular weight excluding hydrogens is 264 g/mol. The zero-order valence-corrected chi connectivity index (χ0v) is 13.0. The van der Waals surface area contributed by atoms with Crippen molar-refractivity contribution in [1.29, 1.82) is 0 Å². The second-order valence-corrected chi connectivity index (χ2v) is 5.98. The van der Waals surface area contributed by atoms with Gasteiger partial charge in [-0.2, -0.15) is 0 Å². The molecule has 1 saturated carbocycles. The summed E-state index contributed by atoms with van der Waals surface area (Å²) in [5.74, 6) is 0.819. The Labute approximate surface area is 127 Å². The van der Waals surface area contributed by atoms with Gasteiger partial charge >= 0.3 is 6.03 Å². The van der Waals surface area contributed by atoms with Crippen LogP contribution in [0.5, 0.6) is 5.75 Å². The highest BCUT2D eigenvalue weighted by Gasteiger charge is 2.14. The number of benzene rings is 1. The summed E-state index contributed by atoms with van der Waals surface area (Å²) in [6.45, 7) is 3.98. The van der Waals surface area contributed by atoms with Gasteiger partial charge in [-0.05, 0) is 51.0 Å². The highest BCUT2D eigenvalue weighted by molar-refractivity contribution is 5.89. The first-order valence-corrected chi connectivity index (χ1v) is 7.98. The van der Waals surface area contributed by atoms with Crippen LogP contribution in [0.3, 0.4) is 0 Å². The van der Waals surface area contributed by atoms with Gasteiger partial charge < -0.3 is 15.4 Å². The van der Waals surface area contributed by atoms with E-state index >= 15 is 0 Å². The van der Waals surface area contributed by atoms with E-state index in [1.54, 1.807) is 0 Å². The van der Waals surface area contributed by atoms with Gasteiger partial charge in [0.15, 0.2) is 0 Å². The summed E-state index contributed by atoms with van der Waals surface area (Å²) in [5.41, 5.74) is 0.789. The molecule has 0 spiro atoms. The van der Waals surface area contributed by atoms with Gasteiger partial charge in [-0.3, -0.25) is 0 Å². The molecule has 0 aliphatic heterocycles. The molecule has 116 valence electrons. The van der Waals surface area contributed by atoms with Gasteiger partial charge in [0.25, 0.3) is 0 Å². The van der Waals surface area contributed by atoms with Crippen LogP contribution in [0.1, 0.15) is 52.4 Å². The van der Waals surface area contributed by atoms with E-state index in [2.05, 4.69) is 10.6 Å². The summed E-state index contributed by atoms with van der Waals surface area (Å²) in [6.07, 6.45) is 7.35. The molecule has 0 radical (unpaired) electrons. The highest BCUT2D eigenvalue weighted by Crippen LogP contribution is 2.19. The molecule has 1 aliphatic carbocycles. The summed E-state index contributed by atoms with van der Waals surface area (Å²) in [4.78, 5) is 12.0. The average Bonchev–Trinajstić information content (AvgIpc) is 2.69. The number of nitrogens with one attached hydrogen (secondary N) is 2. The third-order valence-electron chi connectivity index (χ3n) is 3.67. The van der Waals surface area contributed by atoms with Crippen LogP contribution in [0, 0.1) is 0 Å². The average molecular weight is 290 g/mol. The normalized spacial score (nSPS) is 16.3. The van der Waals surface area contributed by atoms with E-state index in [9.17, 15) is 4.79 Å². The number of rotatable bonds is 4. The molecule has 0 atom stereocenters. The number of amides is 2. The molecule has 0 saturated heterocycles. The largest absolute Gasteiger partial charge is 0.491 e. The van der Waals surface area contributed by atoms with Crippen LogP contribution in [0.25, 0.3) is 0 Å². The molecule has 0 aromatic heterocycles. The number of carbonyl (C=O) groups excluding carboxylic acids is 1. The molecule has 2 N–H and O–H groups in total. The van der Waals surface area contributed by atoms with Crippen molar-refractivity contribution in [3.63, 3.8) is 0 Å². The number of ether oxygens (including phenoxy) is 1. The zero-order valence-electron chi connectivity index (χ0n) is 13.0. The standard InChI is InChI=1S/C17H26N2O2/c1-13(2)21-16-11-9-15(10-12-16)19-17(20)18-14-7-5-3-4-6-8-14/h9-14H,3-8H2,1-2H3,(H2,18,19,20). The van der Waals surface area contributed by atoms with E-state index in [1.807, 2.05) is 38.1 Å². The van der Waals surface area contributed by atoms with Crippen LogP contribution in [0.4, 0.5) is 10.5 Å². The molecule has 1 aromatic rings. The fraction of sp³-hybridized carbons (Fsp3) is 0.588. The minimum Gasteiger partial charge on any atom is -0.491 e. The van der Waals surface area contributed by atoms with Crippen LogP contribution in [0.15, 0.2) is 24.3 Å². The quantitative estimate of drug-likeness (QED) is 0.811. The monoisotopic (exact) mass is 290 g/mol. The summed E-state index contributed by atoms with van der Waals surface area (Å²) < 4.78 is 5.58. The van der Waals surface area contributed by atoms with Crippen molar-refractivity contribution in [2.75, 3.05) is 5.32 Å². The lowest BCUT2D eigenvalue weighted by Gasteiger charge is -2.17. The van der Waals surface area contributed by atoms with E-state index in [4.69, 9.17) is 4.74 Å². The first-order valence-electron chi connectivity index (χ1n) is 7.98. The summed E-state index contributed by atoms with van der Waals surface area (Å²) in [5, 5.41) is 5.96. The van der Waals surface area contributed by atoms with Crippen molar-refractivity contribution >= 4 is 11.7 Å². The maximum Gasteiger partial charge on any atom is 0.319 e. The molecular formula is C17H26N2O2. The number of urea groups is 1. The summed E-state index contributed by atoms with van der Waals surface area (Å²) >= 11 is 0. The third kappa shape index (κ3) is 5.66. The molecule has 1 aliphatic rings. The summed E-state index contributed by atoms with van der Waals surface area (Å²) in [7, 11) is 0. The smallest absolute Gasteiger partial charge is 0.319 e. The van der Waals surface area contributed by atoms with Gasteiger partial charge in [-0.25, -0.2) is 4.79 Å². The fourth-order valence-electron chi connectivity index (χ4n) is 2.67. The van der Waals surface area contributed by atoms with Gasteiger partial charge in [-0.1, -0.05) is 25.7 Å². The lowest BCUT2D eigenvalue weighted by molar-refractivity contribution is 0.242. The fourth-order valence-corrected chi connectivity index (χ4v) is 2.67. The molecule has 2 rings (SSSR count). The van der Waals surface area contributed by atoms with Crippen LogP contribution >= 0.6 is 0 Å². The Balaban J connectivity index is 1.81. The van der Waals surface area contributed by atoms with E-state index in [1.165, 1.54) is 25.7 Å². The maximum absolute atomic E-state index is 12.0. The second-order valence-electron chi connectivity index (χ2n) is 5.98. The Hall–Kier alpha value is -1.71. The SMILES string of the molecule is CC(C)Oc1ccc(NC(=O)NC2CCCCCC2)cc1. The molecule has 0 unspecified atom stereocenters. The minimum absolute atomic E-state index is 0.112. The number of hydrogen-bond acceptors (Lipinski definition) is 2. The maximum atomic E-state index is 12.0. The van der Waals surface area contributed by atoms with Crippen molar-refractivity contribution in [1.82, 2.24) is 5.32 Å². The Morgan fingerprint density at radius 2 is 1.71 bits per heavy atom. The Morgan fingerprint density at radius 1 is 1.10 bits per heavy atom. The van der Waals surface area contributed by atoms with Crippen molar-refractivity contribution in [2.45, 2.75) is 64.5 Å². The van der Waals surface area contributed by atoms with E-state index in [-0.39, 0.29) is 12.1 Å². The Morgan fingerprint density at radius 3 is 2.29 bits per heavy atom. The molecule has 0 bridgehead atoms. The third-order valence-corrected chi connectivity index (χ3v) is 3.67. The first kappa shape index (κ1) is 15.7. The minimum atomic E-state index is -0.112. The number of anilines is 1. The second kappa shape index (κ2) is 7.91. The van der Waals surface area contributed by atoms with Gasteiger partial charge in [0.1, 0.15) is 5.75 Å². The van der Waals surface area contributed by atoms with Gasteiger partial charge in [0.2, 0.25) is 0 Å². The Kier molecular flexibility index (Phi) is 5.90. The first-order chi connectivity index (χ1) is 10.1. The molecule has 4 nitrogen and oxygen atoms in total. The van der Waals surface area contributed by atoms with Crippen LogP contribution in [0.2, 0.25) is 0 Å². The molecule has 0 heterocycles. The van der Waals surface area contributed by atoms with Crippen LogP contribution in [-0.2, 0) is 0 Å². The van der Waals surface area contributed by atoms with Crippen molar-refractivity contribution < 1.29 is 9.53 Å². The number of carbonyl (C=O) groups is 1. The molecule has 2 amide bonds. The van der Waals surface area contributed by atoms with E-state index in [0.29, 0.717) is 6.04 Å². The van der Waals surface area contributed by atoms with Gasteiger partial charge in [-0.15, -0.1) is 0 Å². The van der Waals surface area contributed by atoms with Crippen LogP contribution < -0.4 is 15.4 Å². The predicted octanol–water partition coefficient (Wildman–Crippen LogP) is 4.32. The molecule has 4 heteroatoms. The highest BCUT2D eigenvalue weighted by atomic mass is 16.5. The summed E-state index contributed by atoms with van der Waals surface area (Å²) in [6, 6.07) is 7.69. The van der Waals surface area contributed by atoms with Crippen molar-refractivity contribution in [3.05, 3.63) is 24.3 Å². The van der Waals surface area contributed by atoms with Gasteiger partial charge in [0, 0.05) is 11.7 Å². The lowest BCUT2D eigenvalue weighted by Crippen LogP contribution is -2.37. The number of hydrogen-bond donors (Lipinski definition) is 2. The molecule has 1 aromatic carbocycles.